The largest absolute Gasteiger partial charge is 0.353 e. The third-order valence-electron chi connectivity index (χ3n) is 3.57. The van der Waals surface area contributed by atoms with Crippen molar-refractivity contribution in [3.05, 3.63) is 22.8 Å². The molecule has 1 fully saturated rings. The predicted molar refractivity (Wildman–Crippen MR) is 79.4 cm³/mol. The molecule has 0 spiro atoms. The molecule has 2 aromatic rings. The van der Waals surface area contributed by atoms with Crippen LogP contribution in [0, 0.1) is 5.92 Å². The summed E-state index contributed by atoms with van der Waals surface area (Å²) in [5.41, 5.74) is 0.867. The number of pyridine rings is 1. The van der Waals surface area contributed by atoms with Crippen LogP contribution >= 0.6 is 15.9 Å². The van der Waals surface area contributed by atoms with E-state index in [0.717, 1.165) is 23.2 Å². The Hall–Kier alpha value is -1.14. The molecular weight excluding hydrogens is 306 g/mol. The summed E-state index contributed by atoms with van der Waals surface area (Å²) in [6, 6.07) is 3.93. The van der Waals surface area contributed by atoms with Gasteiger partial charge in [-0.2, -0.15) is 4.98 Å². The van der Waals surface area contributed by atoms with Gasteiger partial charge < -0.3 is 10.2 Å². The zero-order chi connectivity index (χ0) is 13.2. The van der Waals surface area contributed by atoms with Crippen LogP contribution in [0.5, 0.6) is 0 Å². The van der Waals surface area contributed by atoms with Gasteiger partial charge in [0.2, 0.25) is 5.95 Å². The first-order valence-electron chi connectivity index (χ1n) is 6.65. The van der Waals surface area contributed by atoms with Crippen LogP contribution < -0.4 is 5.32 Å². The van der Waals surface area contributed by atoms with Gasteiger partial charge in [-0.05, 0) is 60.4 Å². The summed E-state index contributed by atoms with van der Waals surface area (Å²) in [5, 5.41) is 7.79. The highest BCUT2D eigenvalue weighted by Crippen LogP contribution is 2.16. The van der Waals surface area contributed by atoms with Crippen molar-refractivity contribution in [3.63, 3.8) is 0 Å². The Labute approximate surface area is 121 Å². The van der Waals surface area contributed by atoms with Gasteiger partial charge in [0.25, 0.3) is 0 Å². The van der Waals surface area contributed by atoms with E-state index < -0.39 is 0 Å². The van der Waals surface area contributed by atoms with E-state index in [4.69, 9.17) is 0 Å². The van der Waals surface area contributed by atoms with Crippen molar-refractivity contribution in [2.24, 2.45) is 5.92 Å². The molecule has 102 valence electrons. The van der Waals surface area contributed by atoms with Crippen molar-refractivity contribution in [3.8, 4) is 0 Å². The number of piperidine rings is 1. The Balaban J connectivity index is 1.65. The maximum atomic E-state index is 4.46. The first-order chi connectivity index (χ1) is 9.20. The molecule has 2 aromatic heterocycles. The van der Waals surface area contributed by atoms with Gasteiger partial charge >= 0.3 is 0 Å². The van der Waals surface area contributed by atoms with Crippen LogP contribution in [0.2, 0.25) is 0 Å². The highest BCUT2D eigenvalue weighted by molar-refractivity contribution is 9.10. The van der Waals surface area contributed by atoms with E-state index >= 15 is 0 Å². The lowest BCUT2D eigenvalue weighted by atomic mass is 9.99. The number of hydrogen-bond acceptors (Lipinski definition) is 4. The van der Waals surface area contributed by atoms with Crippen LogP contribution in [-0.4, -0.2) is 46.2 Å². The maximum absolute atomic E-state index is 4.46. The third-order valence-corrected chi connectivity index (χ3v) is 4.03. The highest BCUT2D eigenvalue weighted by Gasteiger charge is 2.17. The lowest BCUT2D eigenvalue weighted by Gasteiger charge is -2.29. The summed E-state index contributed by atoms with van der Waals surface area (Å²) in [6.07, 6.45) is 4.49. The van der Waals surface area contributed by atoms with Crippen LogP contribution in [0.3, 0.4) is 0 Å². The number of hydrogen-bond donors (Lipinski definition) is 1. The van der Waals surface area contributed by atoms with Gasteiger partial charge in [-0.15, -0.1) is 5.10 Å². The molecule has 1 aliphatic heterocycles. The molecule has 5 nitrogen and oxygen atoms in total. The number of halogens is 1. The highest BCUT2D eigenvalue weighted by atomic mass is 79.9. The Morgan fingerprint density at radius 1 is 1.47 bits per heavy atom. The van der Waals surface area contributed by atoms with Gasteiger partial charge in [0.15, 0.2) is 5.65 Å². The van der Waals surface area contributed by atoms with E-state index in [0.29, 0.717) is 11.9 Å². The molecule has 3 heterocycles. The molecule has 19 heavy (non-hydrogen) atoms. The fourth-order valence-corrected chi connectivity index (χ4v) is 2.93. The molecule has 0 amide bonds. The van der Waals surface area contributed by atoms with E-state index in [9.17, 15) is 0 Å². The minimum atomic E-state index is 0.692. The lowest BCUT2D eigenvalue weighted by molar-refractivity contribution is 0.217. The number of aromatic nitrogens is 3. The van der Waals surface area contributed by atoms with Crippen molar-refractivity contribution in [2.75, 3.05) is 32.0 Å². The van der Waals surface area contributed by atoms with Gasteiger partial charge in [-0.1, -0.05) is 0 Å². The summed E-state index contributed by atoms with van der Waals surface area (Å²) in [7, 11) is 2.19. The second kappa shape index (κ2) is 5.46. The smallest absolute Gasteiger partial charge is 0.243 e. The Morgan fingerprint density at radius 3 is 3.21 bits per heavy atom. The molecule has 0 saturated carbocycles. The average molecular weight is 324 g/mol. The monoisotopic (exact) mass is 323 g/mol. The molecule has 1 N–H and O–H groups in total. The molecule has 0 radical (unpaired) electrons. The topological polar surface area (TPSA) is 45.5 Å². The molecule has 6 heteroatoms. The minimum Gasteiger partial charge on any atom is -0.353 e. The number of rotatable bonds is 3. The van der Waals surface area contributed by atoms with Crippen LogP contribution in [0.4, 0.5) is 5.95 Å². The quantitative estimate of drug-likeness (QED) is 0.941. The van der Waals surface area contributed by atoms with Crippen molar-refractivity contribution in [1.29, 1.82) is 0 Å². The molecule has 0 aromatic carbocycles. The van der Waals surface area contributed by atoms with E-state index in [-0.39, 0.29) is 0 Å². The second-order valence-corrected chi connectivity index (χ2v) is 6.15. The van der Waals surface area contributed by atoms with Gasteiger partial charge in [0.1, 0.15) is 0 Å². The Morgan fingerprint density at radius 2 is 2.37 bits per heavy atom. The number of anilines is 1. The van der Waals surface area contributed by atoms with Crippen molar-refractivity contribution in [2.45, 2.75) is 12.8 Å². The normalized spacial score (nSPS) is 20.8. The lowest BCUT2D eigenvalue weighted by Crippen LogP contribution is -2.35. The SMILES string of the molecule is CN1CCCC(CNc2nc3ccc(Br)cn3n2)C1. The number of likely N-dealkylation sites (tertiary alicyclic amines) is 1. The summed E-state index contributed by atoms with van der Waals surface area (Å²) >= 11 is 3.44. The fraction of sp³-hybridized carbons (Fsp3) is 0.538. The summed E-state index contributed by atoms with van der Waals surface area (Å²) in [5.74, 6) is 1.41. The number of nitrogens with zero attached hydrogens (tertiary/aromatic N) is 4. The van der Waals surface area contributed by atoms with Crippen LogP contribution in [0.15, 0.2) is 22.8 Å². The second-order valence-electron chi connectivity index (χ2n) is 5.24. The third kappa shape index (κ3) is 3.06. The van der Waals surface area contributed by atoms with Crippen LogP contribution in [0.1, 0.15) is 12.8 Å². The molecule has 1 unspecified atom stereocenters. The van der Waals surface area contributed by atoms with E-state index in [1.807, 2.05) is 18.3 Å². The maximum Gasteiger partial charge on any atom is 0.243 e. The average Bonchev–Trinajstić information content (AvgIpc) is 2.78. The van der Waals surface area contributed by atoms with E-state index in [1.54, 1.807) is 4.52 Å². The summed E-state index contributed by atoms with van der Waals surface area (Å²) < 4.78 is 2.80. The van der Waals surface area contributed by atoms with Crippen molar-refractivity contribution < 1.29 is 0 Å². The van der Waals surface area contributed by atoms with Gasteiger partial charge in [-0.25, -0.2) is 4.52 Å². The Kier molecular flexibility index (Phi) is 3.70. The first kappa shape index (κ1) is 12.9. The van der Waals surface area contributed by atoms with Crippen LogP contribution in [0.25, 0.3) is 5.65 Å². The molecule has 3 rings (SSSR count). The summed E-state index contributed by atoms with van der Waals surface area (Å²) in [6.45, 7) is 3.32. The molecule has 0 bridgehead atoms. The standard InChI is InChI=1S/C13H18BrN5/c1-18-6-2-3-10(8-18)7-15-13-16-12-5-4-11(14)9-19(12)17-13/h4-5,9-10H,2-3,6-8H2,1H3,(H,15,17). The summed E-state index contributed by atoms with van der Waals surface area (Å²) in [4.78, 5) is 6.86. The zero-order valence-corrected chi connectivity index (χ0v) is 12.6. The first-order valence-corrected chi connectivity index (χ1v) is 7.44. The van der Waals surface area contributed by atoms with E-state index in [1.165, 1.54) is 19.4 Å². The molecule has 1 saturated heterocycles. The molecule has 1 atom stereocenters. The zero-order valence-electron chi connectivity index (χ0n) is 11.0. The Bertz CT molecular complexity index is 567. The number of fused-ring (bicyclic) bond motifs is 1. The molecular formula is C13H18BrN5. The van der Waals surface area contributed by atoms with Crippen molar-refractivity contribution in [1.82, 2.24) is 19.5 Å². The van der Waals surface area contributed by atoms with Crippen LogP contribution in [-0.2, 0) is 0 Å². The minimum absolute atomic E-state index is 0.692. The van der Waals surface area contributed by atoms with Crippen molar-refractivity contribution >= 4 is 27.5 Å². The van der Waals surface area contributed by atoms with Gasteiger partial charge in [-0.3, -0.25) is 0 Å². The molecule has 0 aliphatic carbocycles. The van der Waals surface area contributed by atoms with Gasteiger partial charge in [0.05, 0.1) is 0 Å². The van der Waals surface area contributed by atoms with E-state index in [2.05, 4.69) is 43.3 Å². The molecule has 1 aliphatic rings. The fourth-order valence-electron chi connectivity index (χ4n) is 2.61. The van der Waals surface area contributed by atoms with Gasteiger partial charge in [0, 0.05) is 23.8 Å². The number of nitrogens with one attached hydrogen (secondary N) is 1. The predicted octanol–water partition coefficient (Wildman–Crippen LogP) is 2.25.